The molecule has 0 amide bonds. The molecule has 6 heteroatoms. The minimum absolute atomic E-state index is 0.435. The molecule has 0 unspecified atom stereocenters. The number of nitrogens with two attached hydrogens (primary N) is 1. The largest absolute Gasteiger partial charge is 0.492 e. The second-order valence-corrected chi connectivity index (χ2v) is 8.30. The van der Waals surface area contributed by atoms with Gasteiger partial charge in [-0.2, -0.15) is 0 Å². The minimum Gasteiger partial charge on any atom is -0.492 e. The quantitative estimate of drug-likeness (QED) is 0.429. The van der Waals surface area contributed by atoms with E-state index in [9.17, 15) is 0 Å². The summed E-state index contributed by atoms with van der Waals surface area (Å²) < 4.78 is 11.5. The third-order valence-electron chi connectivity index (χ3n) is 6.11. The van der Waals surface area contributed by atoms with Crippen molar-refractivity contribution in [3.8, 4) is 5.75 Å². The number of nitrogens with one attached hydrogen (secondary N) is 1. The molecular formula is C26H38N4O2. The minimum atomic E-state index is 0.435. The highest BCUT2D eigenvalue weighted by Crippen LogP contribution is 2.22. The smallest absolute Gasteiger partial charge is 0.193 e. The van der Waals surface area contributed by atoms with Gasteiger partial charge in [0.05, 0.1) is 6.54 Å². The van der Waals surface area contributed by atoms with E-state index in [4.69, 9.17) is 15.2 Å². The highest BCUT2D eigenvalue weighted by atomic mass is 16.5. The summed E-state index contributed by atoms with van der Waals surface area (Å²) in [5.74, 6) is 1.30. The molecule has 3 N–H and O–H groups in total. The number of benzene rings is 2. The predicted molar refractivity (Wildman–Crippen MR) is 133 cm³/mol. The molecule has 32 heavy (non-hydrogen) atoms. The molecule has 1 aliphatic heterocycles. The Morgan fingerprint density at radius 2 is 1.81 bits per heavy atom. The van der Waals surface area contributed by atoms with Crippen LogP contribution in [0.3, 0.4) is 0 Å². The fourth-order valence-corrected chi connectivity index (χ4v) is 4.10. The van der Waals surface area contributed by atoms with E-state index >= 15 is 0 Å². The zero-order valence-electron chi connectivity index (χ0n) is 19.8. The molecule has 1 heterocycles. The van der Waals surface area contributed by atoms with Crippen LogP contribution >= 0.6 is 0 Å². The fourth-order valence-electron chi connectivity index (χ4n) is 4.10. The molecule has 0 aliphatic carbocycles. The van der Waals surface area contributed by atoms with E-state index in [0.29, 0.717) is 25.2 Å². The van der Waals surface area contributed by atoms with Crippen LogP contribution in [-0.4, -0.2) is 50.3 Å². The lowest BCUT2D eigenvalue weighted by Gasteiger charge is -2.31. The Labute approximate surface area is 192 Å². The molecule has 0 atom stereocenters. The van der Waals surface area contributed by atoms with Crippen molar-refractivity contribution < 1.29 is 9.47 Å². The van der Waals surface area contributed by atoms with Crippen LogP contribution in [0.2, 0.25) is 0 Å². The Morgan fingerprint density at radius 1 is 1.12 bits per heavy atom. The molecule has 0 bridgehead atoms. The van der Waals surface area contributed by atoms with Crippen molar-refractivity contribution in [2.45, 2.75) is 52.1 Å². The number of likely N-dealkylation sites (N-methyl/N-ethyl adjacent to an activating group) is 1. The van der Waals surface area contributed by atoms with Gasteiger partial charge in [0.15, 0.2) is 5.96 Å². The molecule has 0 radical (unpaired) electrons. The number of rotatable bonds is 10. The Balaban J connectivity index is 1.52. The lowest BCUT2D eigenvalue weighted by atomic mass is 10.0. The topological polar surface area (TPSA) is 72.1 Å². The molecule has 0 aromatic heterocycles. The molecule has 6 nitrogen and oxygen atoms in total. The molecule has 174 valence electrons. The summed E-state index contributed by atoms with van der Waals surface area (Å²) in [5, 5.41) is 3.33. The number of aliphatic imine (C=N–C) groups is 1. The van der Waals surface area contributed by atoms with Gasteiger partial charge in [0.2, 0.25) is 0 Å². The van der Waals surface area contributed by atoms with Gasteiger partial charge in [0.1, 0.15) is 12.4 Å². The molecule has 2 aromatic rings. The van der Waals surface area contributed by atoms with E-state index < -0.39 is 0 Å². The van der Waals surface area contributed by atoms with Gasteiger partial charge >= 0.3 is 0 Å². The van der Waals surface area contributed by atoms with Crippen LogP contribution in [0, 0.1) is 0 Å². The third-order valence-corrected chi connectivity index (χ3v) is 6.11. The van der Waals surface area contributed by atoms with Gasteiger partial charge in [-0.1, -0.05) is 44.2 Å². The normalized spacial score (nSPS) is 15.2. The summed E-state index contributed by atoms with van der Waals surface area (Å²) in [4.78, 5) is 6.94. The van der Waals surface area contributed by atoms with Gasteiger partial charge in [-0.3, -0.25) is 4.90 Å². The van der Waals surface area contributed by atoms with Crippen molar-refractivity contribution in [1.29, 1.82) is 0 Å². The zero-order valence-corrected chi connectivity index (χ0v) is 19.8. The number of nitrogens with zero attached hydrogens (tertiary/aromatic N) is 2. The Kier molecular flexibility index (Phi) is 9.38. The molecule has 3 rings (SSSR count). The van der Waals surface area contributed by atoms with Crippen LogP contribution in [0.15, 0.2) is 47.5 Å². The standard InChI is InChI=1S/C26H38N4O2/c1-4-21-9-7-10-22(5-2)25(21)29-26(27)28-19-20-8-6-11-24(18-20)32-17-14-30(3)23-12-15-31-16-13-23/h6-11,18,23H,4-5,12-17,19H2,1-3H3,(H3,27,28,29). The van der Waals surface area contributed by atoms with Gasteiger partial charge in [-0.25, -0.2) is 4.99 Å². The van der Waals surface area contributed by atoms with E-state index in [-0.39, 0.29) is 0 Å². The average Bonchev–Trinajstić information content (AvgIpc) is 2.83. The predicted octanol–water partition coefficient (Wildman–Crippen LogP) is 4.23. The lowest BCUT2D eigenvalue weighted by molar-refractivity contribution is 0.0392. The summed E-state index contributed by atoms with van der Waals surface area (Å²) in [6.45, 7) is 8.10. The second kappa shape index (κ2) is 12.5. The summed E-state index contributed by atoms with van der Waals surface area (Å²) in [6.07, 6.45) is 4.10. The van der Waals surface area contributed by atoms with Crippen molar-refractivity contribution in [3.05, 3.63) is 59.2 Å². The highest BCUT2D eigenvalue weighted by molar-refractivity contribution is 5.93. The number of para-hydroxylation sites is 1. The van der Waals surface area contributed by atoms with Crippen molar-refractivity contribution in [3.63, 3.8) is 0 Å². The number of guanidine groups is 1. The molecule has 0 spiro atoms. The van der Waals surface area contributed by atoms with Gasteiger partial charge in [-0.05, 0) is 61.6 Å². The SMILES string of the molecule is CCc1cccc(CC)c1NC(N)=NCc1cccc(OCCN(C)C2CCOCC2)c1. The maximum atomic E-state index is 6.22. The van der Waals surface area contributed by atoms with Crippen molar-refractivity contribution in [1.82, 2.24) is 4.90 Å². The van der Waals surface area contributed by atoms with Crippen molar-refractivity contribution in [2.75, 3.05) is 38.7 Å². The van der Waals surface area contributed by atoms with Crippen LogP contribution < -0.4 is 15.8 Å². The van der Waals surface area contributed by atoms with E-state index in [1.54, 1.807) is 0 Å². The third kappa shape index (κ3) is 6.97. The zero-order chi connectivity index (χ0) is 22.8. The number of ether oxygens (including phenoxy) is 2. The van der Waals surface area contributed by atoms with Crippen LogP contribution in [0.25, 0.3) is 0 Å². The van der Waals surface area contributed by atoms with Crippen LogP contribution in [-0.2, 0) is 24.1 Å². The molecule has 1 aliphatic rings. The number of aryl methyl sites for hydroxylation is 2. The molecule has 1 fully saturated rings. The first-order valence-corrected chi connectivity index (χ1v) is 11.8. The van der Waals surface area contributed by atoms with Crippen molar-refractivity contribution in [2.24, 2.45) is 10.7 Å². The van der Waals surface area contributed by atoms with Gasteiger partial charge < -0.3 is 20.5 Å². The summed E-state index contributed by atoms with van der Waals surface area (Å²) in [5.41, 5.74) is 10.9. The number of anilines is 1. The monoisotopic (exact) mass is 438 g/mol. The fraction of sp³-hybridized carbons (Fsp3) is 0.500. The summed E-state index contributed by atoms with van der Waals surface area (Å²) >= 11 is 0. The van der Waals surface area contributed by atoms with Crippen LogP contribution in [0.5, 0.6) is 5.75 Å². The van der Waals surface area contributed by atoms with Gasteiger partial charge in [-0.15, -0.1) is 0 Å². The Hall–Kier alpha value is -2.57. The van der Waals surface area contributed by atoms with Crippen LogP contribution in [0.1, 0.15) is 43.4 Å². The second-order valence-electron chi connectivity index (χ2n) is 8.30. The van der Waals surface area contributed by atoms with Crippen LogP contribution in [0.4, 0.5) is 5.69 Å². The van der Waals surface area contributed by atoms with E-state index in [1.165, 1.54) is 11.1 Å². The Bertz CT molecular complexity index is 856. The van der Waals surface area contributed by atoms with E-state index in [1.807, 2.05) is 18.2 Å². The molecule has 2 aromatic carbocycles. The summed E-state index contributed by atoms with van der Waals surface area (Å²) in [6, 6.07) is 15.1. The van der Waals surface area contributed by atoms with Crippen molar-refractivity contribution >= 4 is 11.6 Å². The highest BCUT2D eigenvalue weighted by Gasteiger charge is 2.18. The average molecular weight is 439 g/mol. The first kappa shape index (κ1) is 24.1. The van der Waals surface area contributed by atoms with Gasteiger partial charge in [0.25, 0.3) is 0 Å². The molecule has 1 saturated heterocycles. The van der Waals surface area contributed by atoms with E-state index in [2.05, 4.69) is 60.4 Å². The molecular weight excluding hydrogens is 400 g/mol. The molecule has 0 saturated carbocycles. The first-order chi connectivity index (χ1) is 15.6. The van der Waals surface area contributed by atoms with Gasteiger partial charge in [0, 0.05) is 31.5 Å². The maximum Gasteiger partial charge on any atom is 0.193 e. The number of hydrogen-bond acceptors (Lipinski definition) is 4. The number of hydrogen-bond donors (Lipinski definition) is 2. The lowest BCUT2D eigenvalue weighted by Crippen LogP contribution is -2.38. The summed E-state index contributed by atoms with van der Waals surface area (Å²) in [7, 11) is 2.17. The first-order valence-electron chi connectivity index (χ1n) is 11.8. The van der Waals surface area contributed by atoms with E-state index in [0.717, 1.165) is 62.4 Å². The Morgan fingerprint density at radius 3 is 2.50 bits per heavy atom. The maximum absolute atomic E-state index is 6.22.